The predicted molar refractivity (Wildman–Crippen MR) is 167 cm³/mol. The van der Waals surface area contributed by atoms with E-state index in [1.54, 1.807) is 0 Å². The monoisotopic (exact) mass is 713 g/mol. The van der Waals surface area contributed by atoms with E-state index in [1.807, 2.05) is 42.5 Å². The van der Waals surface area contributed by atoms with Crippen LogP contribution in [0.25, 0.3) is 0 Å². The van der Waals surface area contributed by atoms with Crippen molar-refractivity contribution in [3.05, 3.63) is 83.9 Å². The smallest absolute Gasteiger partial charge is 0.161 e. The van der Waals surface area contributed by atoms with Crippen molar-refractivity contribution in [2.45, 2.75) is 13.1 Å². The van der Waals surface area contributed by atoms with Gasteiger partial charge in [0.05, 0.1) is 52.9 Å². The summed E-state index contributed by atoms with van der Waals surface area (Å²) >= 11 is 0. The summed E-state index contributed by atoms with van der Waals surface area (Å²) in [6, 6.07) is 24.1. The Hall–Kier alpha value is -3.33. The van der Waals surface area contributed by atoms with Crippen LogP contribution >= 0.6 is 7.81 Å². The number of fused-ring (bicyclic) bond motifs is 2. The molecule has 1 aliphatic rings. The molecule has 0 saturated carbocycles. The third-order valence-corrected chi connectivity index (χ3v) is 6.15. The molecule has 4 rings (SSSR count). The predicted octanol–water partition coefficient (Wildman–Crippen LogP) is 6.63. The van der Waals surface area contributed by atoms with Crippen LogP contribution in [0.4, 0.5) is 25.2 Å². The first kappa shape index (κ1) is 39.1. The third kappa shape index (κ3) is 20.1. The molecule has 0 amide bonds. The van der Waals surface area contributed by atoms with Gasteiger partial charge in [-0.05, 0) is 30.3 Å². The van der Waals surface area contributed by atoms with Crippen LogP contribution in [0.15, 0.2) is 72.8 Å². The summed E-state index contributed by atoms with van der Waals surface area (Å²) in [6.45, 7) is 7.07. The molecule has 0 radical (unpaired) electrons. The zero-order chi connectivity index (χ0) is 34.6. The van der Waals surface area contributed by atoms with Crippen molar-refractivity contribution in [3.63, 3.8) is 0 Å². The van der Waals surface area contributed by atoms with Gasteiger partial charge in [0.25, 0.3) is 0 Å². The molecule has 0 unspecified atom stereocenters. The summed E-state index contributed by atoms with van der Waals surface area (Å²) in [4.78, 5) is 0. The largest absolute Gasteiger partial charge is 0.487 e. The molecule has 0 aliphatic carbocycles. The molecule has 3 aromatic carbocycles. The van der Waals surface area contributed by atoms with Crippen molar-refractivity contribution in [2.24, 2.45) is 0 Å². The quantitative estimate of drug-likeness (QED) is 0.238. The van der Waals surface area contributed by atoms with E-state index in [-0.39, 0.29) is 0 Å². The maximum absolute atomic E-state index is 10.7. The Labute approximate surface area is 275 Å². The Bertz CT molecular complexity index is 1330. The van der Waals surface area contributed by atoms with Crippen molar-refractivity contribution in [2.75, 3.05) is 79.3 Å². The Balaban J connectivity index is 0.000000804. The molecular weight excluding hydrogens is 671 g/mol. The van der Waals surface area contributed by atoms with Crippen molar-refractivity contribution >= 4 is 7.81 Å². The fraction of sp³-hybridized carbons (Fsp3) is 0.438. The second-order valence-electron chi connectivity index (χ2n) is 10.2. The van der Waals surface area contributed by atoms with E-state index < -0.39 is 7.81 Å². The summed E-state index contributed by atoms with van der Waals surface area (Å²) in [7, 11) is -10.7. The normalized spacial score (nSPS) is 17.7. The molecule has 1 heterocycles. The van der Waals surface area contributed by atoms with Gasteiger partial charge in [-0.2, -0.15) is 0 Å². The van der Waals surface area contributed by atoms with Gasteiger partial charge in [0, 0.05) is 11.1 Å². The first-order valence-electron chi connectivity index (χ1n) is 15.3. The summed E-state index contributed by atoms with van der Waals surface area (Å²) in [5.41, 5.74) is 2.46. The van der Waals surface area contributed by atoms with E-state index in [0.717, 1.165) is 18.7 Å². The SMILES string of the molecule is F[P-](F)(F)(F)(F)F.c1ccc(C[NH2+]Cc2ccc3c(c2)OCCOCCOCCOc2ccccc2OCCOCCOCCO3)cc1. The number of nitrogens with two attached hydrogens (primary N) is 1. The van der Waals surface area contributed by atoms with E-state index in [4.69, 9.17) is 37.9 Å². The summed E-state index contributed by atoms with van der Waals surface area (Å²) in [5.74, 6) is 2.75. The number of rotatable bonds is 4. The van der Waals surface area contributed by atoms with Crippen LogP contribution in [0.5, 0.6) is 23.0 Å². The van der Waals surface area contributed by atoms with Crippen LogP contribution in [-0.4, -0.2) is 79.3 Å². The van der Waals surface area contributed by atoms with Crippen LogP contribution in [0.1, 0.15) is 11.1 Å². The molecule has 1 aliphatic heterocycles. The second kappa shape index (κ2) is 19.0. The summed E-state index contributed by atoms with van der Waals surface area (Å²) in [6.07, 6.45) is 0. The molecular formula is C32H42F6NO8P. The molecule has 0 fully saturated rings. The molecule has 0 atom stereocenters. The Morgan fingerprint density at radius 2 is 0.771 bits per heavy atom. The van der Waals surface area contributed by atoms with Crippen molar-refractivity contribution < 1.29 is 68.4 Å². The maximum atomic E-state index is 9.87. The van der Waals surface area contributed by atoms with Crippen molar-refractivity contribution in [1.82, 2.24) is 0 Å². The molecule has 0 bridgehead atoms. The molecule has 270 valence electrons. The number of hydrogen-bond acceptors (Lipinski definition) is 8. The van der Waals surface area contributed by atoms with Crippen LogP contribution in [0, 0.1) is 0 Å². The van der Waals surface area contributed by atoms with Crippen LogP contribution in [-0.2, 0) is 32.0 Å². The van der Waals surface area contributed by atoms with Crippen molar-refractivity contribution in [1.29, 1.82) is 0 Å². The first-order chi connectivity index (χ1) is 22.8. The number of hydrogen-bond donors (Lipinski definition) is 1. The number of ether oxygens (including phenoxy) is 8. The van der Waals surface area contributed by atoms with E-state index >= 15 is 0 Å². The standard InChI is InChI=1S/C32H41NO8.F6P/c1-2-6-27(7-3-1)25-33-26-28-10-11-31-32(24-28)41-23-19-37-15-14-35-17-21-39-30-9-5-4-8-29(30)38-20-16-34-12-13-36-18-22-40-31;1-7(2,3,4,5)6/h1-11,24,33H,12-23,25-26H2;/q;-1/p+1. The minimum absolute atomic E-state index is 0.404. The first-order valence-corrected chi connectivity index (χ1v) is 17.3. The molecule has 16 heteroatoms. The summed E-state index contributed by atoms with van der Waals surface area (Å²) in [5, 5.41) is 2.27. The minimum Gasteiger partial charge on any atom is -0.487 e. The molecule has 48 heavy (non-hydrogen) atoms. The third-order valence-electron chi connectivity index (χ3n) is 6.15. The topological polar surface area (TPSA) is 90.5 Å². The number of benzene rings is 3. The fourth-order valence-electron chi connectivity index (χ4n) is 4.11. The Morgan fingerprint density at radius 3 is 1.23 bits per heavy atom. The average molecular weight is 714 g/mol. The number of halogens is 6. The van der Waals surface area contributed by atoms with Gasteiger partial charge in [0.15, 0.2) is 23.0 Å². The Morgan fingerprint density at radius 1 is 0.417 bits per heavy atom. The molecule has 9 nitrogen and oxygen atoms in total. The van der Waals surface area contributed by atoms with Gasteiger partial charge in [-0.25, -0.2) is 0 Å². The van der Waals surface area contributed by atoms with Gasteiger partial charge in [0.1, 0.15) is 39.5 Å². The summed E-state index contributed by atoms with van der Waals surface area (Å²) < 4.78 is 106. The Kier molecular flexibility index (Phi) is 15.5. The van der Waals surface area contributed by atoms with E-state index in [0.29, 0.717) is 102 Å². The molecule has 3 aromatic rings. The maximum Gasteiger partial charge on any atom is 0.161 e. The van der Waals surface area contributed by atoms with E-state index in [9.17, 15) is 25.2 Å². The zero-order valence-electron chi connectivity index (χ0n) is 26.4. The van der Waals surface area contributed by atoms with Gasteiger partial charge in [-0.3, -0.25) is 0 Å². The van der Waals surface area contributed by atoms with Crippen LogP contribution in [0.2, 0.25) is 0 Å². The van der Waals surface area contributed by atoms with Crippen LogP contribution < -0.4 is 24.3 Å². The fourth-order valence-corrected chi connectivity index (χ4v) is 4.11. The second-order valence-corrected chi connectivity index (χ2v) is 12.1. The zero-order valence-corrected chi connectivity index (χ0v) is 27.3. The van der Waals surface area contributed by atoms with E-state index in [2.05, 4.69) is 35.6 Å². The molecule has 2 N–H and O–H groups in total. The molecule has 0 saturated heterocycles. The van der Waals surface area contributed by atoms with Gasteiger partial charge < -0.3 is 43.2 Å². The number of para-hydroxylation sites is 2. The van der Waals surface area contributed by atoms with Gasteiger partial charge in [-0.15, -0.1) is 0 Å². The molecule has 0 spiro atoms. The van der Waals surface area contributed by atoms with Crippen LogP contribution in [0.3, 0.4) is 0 Å². The van der Waals surface area contributed by atoms with Gasteiger partial charge in [-0.1, -0.05) is 42.5 Å². The van der Waals surface area contributed by atoms with Gasteiger partial charge in [0.2, 0.25) is 0 Å². The van der Waals surface area contributed by atoms with Gasteiger partial charge >= 0.3 is 33.0 Å². The number of quaternary nitrogens is 1. The van der Waals surface area contributed by atoms with E-state index in [1.165, 1.54) is 5.56 Å². The van der Waals surface area contributed by atoms with Crippen molar-refractivity contribution in [3.8, 4) is 23.0 Å². The average Bonchev–Trinajstić information content (AvgIpc) is 3.02. The minimum atomic E-state index is -10.7. The molecule has 0 aromatic heterocycles.